The molecule has 1 N–H and O–H groups in total. The SMILES string of the molecule is Cc1cc(/C(O)=C2\C(=O)C(=O)N(CC3CCCO3)C2c2ccccc2C)ccc1Br. The maximum absolute atomic E-state index is 13.1. The van der Waals surface area contributed by atoms with Crippen LogP contribution in [-0.2, 0) is 14.3 Å². The number of ketones is 1. The van der Waals surface area contributed by atoms with Crippen molar-refractivity contribution in [2.24, 2.45) is 0 Å². The van der Waals surface area contributed by atoms with Gasteiger partial charge in [-0.05, 0) is 55.5 Å². The Morgan fingerprint density at radius 3 is 2.60 bits per heavy atom. The zero-order chi connectivity index (χ0) is 21.4. The van der Waals surface area contributed by atoms with Gasteiger partial charge in [0.25, 0.3) is 11.7 Å². The van der Waals surface area contributed by atoms with Crippen molar-refractivity contribution >= 4 is 33.4 Å². The molecule has 0 aromatic heterocycles. The van der Waals surface area contributed by atoms with Gasteiger partial charge in [0.2, 0.25) is 0 Å². The number of carbonyl (C=O) groups is 2. The summed E-state index contributed by atoms with van der Waals surface area (Å²) in [5, 5.41) is 11.2. The number of likely N-dealkylation sites (tertiary alicyclic amines) is 1. The van der Waals surface area contributed by atoms with E-state index >= 15 is 0 Å². The molecule has 4 rings (SSSR count). The monoisotopic (exact) mass is 469 g/mol. The molecule has 2 aromatic rings. The summed E-state index contributed by atoms with van der Waals surface area (Å²) in [4.78, 5) is 27.7. The van der Waals surface area contributed by atoms with E-state index in [1.54, 1.807) is 11.0 Å². The molecule has 2 aliphatic heterocycles. The fourth-order valence-corrected chi connectivity index (χ4v) is 4.49. The van der Waals surface area contributed by atoms with Crippen molar-refractivity contribution in [3.8, 4) is 0 Å². The van der Waals surface area contributed by atoms with Crippen molar-refractivity contribution in [3.05, 3.63) is 74.8 Å². The lowest BCUT2D eigenvalue weighted by Gasteiger charge is -2.28. The number of halogens is 1. The summed E-state index contributed by atoms with van der Waals surface area (Å²) in [5.41, 5.74) is 3.38. The zero-order valence-electron chi connectivity index (χ0n) is 17.0. The van der Waals surface area contributed by atoms with Crippen LogP contribution >= 0.6 is 15.9 Å². The Balaban J connectivity index is 1.86. The van der Waals surface area contributed by atoms with Crippen LogP contribution in [0.25, 0.3) is 5.76 Å². The summed E-state index contributed by atoms with van der Waals surface area (Å²) in [5.74, 6) is -1.39. The van der Waals surface area contributed by atoms with Gasteiger partial charge in [0, 0.05) is 23.2 Å². The predicted octanol–water partition coefficient (Wildman–Crippen LogP) is 4.67. The summed E-state index contributed by atoms with van der Waals surface area (Å²) in [6.45, 7) is 4.86. The number of nitrogens with zero attached hydrogens (tertiary/aromatic N) is 1. The third kappa shape index (κ3) is 3.70. The molecule has 2 unspecified atom stereocenters. The van der Waals surface area contributed by atoms with Crippen molar-refractivity contribution in [1.82, 2.24) is 4.90 Å². The van der Waals surface area contributed by atoms with Crippen LogP contribution in [0.4, 0.5) is 0 Å². The van der Waals surface area contributed by atoms with Crippen molar-refractivity contribution in [2.75, 3.05) is 13.2 Å². The van der Waals surface area contributed by atoms with Gasteiger partial charge in [-0.15, -0.1) is 0 Å². The van der Waals surface area contributed by atoms with Gasteiger partial charge >= 0.3 is 0 Å². The highest BCUT2D eigenvalue weighted by atomic mass is 79.9. The van der Waals surface area contributed by atoms with Crippen LogP contribution in [0.3, 0.4) is 0 Å². The van der Waals surface area contributed by atoms with E-state index in [9.17, 15) is 14.7 Å². The second kappa shape index (κ2) is 8.36. The molecular weight excluding hydrogens is 446 g/mol. The maximum Gasteiger partial charge on any atom is 0.295 e. The molecular formula is C24H24BrNO4. The number of Topliss-reactive ketones (excluding diaryl/α,β-unsaturated/α-hetero) is 1. The molecule has 6 heteroatoms. The maximum atomic E-state index is 13.1. The number of ether oxygens (including phenoxy) is 1. The van der Waals surface area contributed by atoms with Crippen LogP contribution in [0.5, 0.6) is 0 Å². The highest BCUT2D eigenvalue weighted by Crippen LogP contribution is 2.41. The van der Waals surface area contributed by atoms with Crippen molar-refractivity contribution in [2.45, 2.75) is 38.8 Å². The summed E-state index contributed by atoms with van der Waals surface area (Å²) in [6, 6.07) is 12.4. The summed E-state index contributed by atoms with van der Waals surface area (Å²) >= 11 is 3.46. The molecule has 0 aliphatic carbocycles. The highest BCUT2D eigenvalue weighted by molar-refractivity contribution is 9.10. The number of amides is 1. The van der Waals surface area contributed by atoms with E-state index in [1.807, 2.05) is 50.2 Å². The van der Waals surface area contributed by atoms with E-state index in [2.05, 4.69) is 15.9 Å². The number of rotatable bonds is 4. The van der Waals surface area contributed by atoms with Gasteiger partial charge in [-0.3, -0.25) is 9.59 Å². The molecule has 30 heavy (non-hydrogen) atoms. The molecule has 2 aromatic carbocycles. The first kappa shape index (κ1) is 20.8. The molecule has 2 atom stereocenters. The Kier molecular flexibility index (Phi) is 5.80. The smallest absolute Gasteiger partial charge is 0.295 e. The number of hydrogen-bond acceptors (Lipinski definition) is 4. The van der Waals surface area contributed by atoms with Gasteiger partial charge in [0.15, 0.2) is 0 Å². The van der Waals surface area contributed by atoms with Gasteiger partial charge < -0.3 is 14.7 Å². The molecule has 156 valence electrons. The third-order valence-electron chi connectivity index (χ3n) is 5.88. The molecule has 0 bridgehead atoms. The van der Waals surface area contributed by atoms with E-state index in [0.29, 0.717) is 18.7 Å². The topological polar surface area (TPSA) is 66.8 Å². The molecule has 1 amide bonds. The van der Waals surface area contributed by atoms with E-state index in [0.717, 1.165) is 34.0 Å². The van der Waals surface area contributed by atoms with Crippen LogP contribution in [0, 0.1) is 13.8 Å². The fraction of sp³-hybridized carbons (Fsp3) is 0.333. The Hall–Kier alpha value is -2.44. The zero-order valence-corrected chi connectivity index (χ0v) is 18.6. The number of carbonyl (C=O) groups excluding carboxylic acids is 2. The van der Waals surface area contributed by atoms with Crippen molar-refractivity contribution < 1.29 is 19.4 Å². The molecule has 2 saturated heterocycles. The quantitative estimate of drug-likeness (QED) is 0.401. The first-order chi connectivity index (χ1) is 14.4. The predicted molar refractivity (Wildman–Crippen MR) is 118 cm³/mol. The minimum atomic E-state index is -0.653. The second-order valence-corrected chi connectivity index (χ2v) is 8.76. The average molecular weight is 470 g/mol. The number of hydrogen-bond donors (Lipinski definition) is 1. The van der Waals surface area contributed by atoms with E-state index < -0.39 is 17.7 Å². The summed E-state index contributed by atoms with van der Waals surface area (Å²) in [6.07, 6.45) is 1.71. The number of aliphatic hydroxyl groups is 1. The summed E-state index contributed by atoms with van der Waals surface area (Å²) < 4.78 is 6.64. The minimum Gasteiger partial charge on any atom is -0.507 e. The molecule has 0 radical (unpaired) electrons. The first-order valence-corrected chi connectivity index (χ1v) is 10.9. The van der Waals surface area contributed by atoms with Crippen molar-refractivity contribution in [3.63, 3.8) is 0 Å². The summed E-state index contributed by atoms with van der Waals surface area (Å²) in [7, 11) is 0. The van der Waals surface area contributed by atoms with E-state index in [1.165, 1.54) is 0 Å². The number of aryl methyl sites for hydroxylation is 2. The Morgan fingerprint density at radius 1 is 1.17 bits per heavy atom. The molecule has 0 saturated carbocycles. The van der Waals surface area contributed by atoms with Gasteiger partial charge in [-0.1, -0.05) is 46.3 Å². The van der Waals surface area contributed by atoms with Crippen LogP contribution < -0.4 is 0 Å². The van der Waals surface area contributed by atoms with Gasteiger partial charge in [0.05, 0.1) is 17.7 Å². The van der Waals surface area contributed by atoms with E-state index in [4.69, 9.17) is 4.74 Å². The number of benzene rings is 2. The third-order valence-corrected chi connectivity index (χ3v) is 6.77. The Labute approximate surface area is 184 Å². The molecule has 2 heterocycles. The molecule has 0 spiro atoms. The standard InChI is InChI=1S/C24H24BrNO4/c1-14-6-3-4-8-18(14)21-20(22(27)16-9-10-19(25)15(2)12-16)23(28)24(29)26(21)13-17-7-5-11-30-17/h3-4,6,8-10,12,17,21,27H,5,7,11,13H2,1-2H3/b22-20+. The van der Waals surface area contributed by atoms with Crippen molar-refractivity contribution in [1.29, 1.82) is 0 Å². The van der Waals surface area contributed by atoms with Gasteiger partial charge in [-0.2, -0.15) is 0 Å². The lowest BCUT2D eigenvalue weighted by molar-refractivity contribution is -0.140. The largest absolute Gasteiger partial charge is 0.507 e. The van der Waals surface area contributed by atoms with Gasteiger partial charge in [-0.25, -0.2) is 0 Å². The lowest BCUT2D eigenvalue weighted by atomic mass is 9.92. The molecule has 5 nitrogen and oxygen atoms in total. The molecule has 2 aliphatic rings. The molecule has 2 fully saturated rings. The van der Waals surface area contributed by atoms with Gasteiger partial charge in [0.1, 0.15) is 5.76 Å². The minimum absolute atomic E-state index is 0.0929. The fourth-order valence-electron chi connectivity index (χ4n) is 4.24. The average Bonchev–Trinajstić information content (AvgIpc) is 3.32. The van der Waals surface area contributed by atoms with Crippen LogP contribution in [-0.4, -0.2) is 41.0 Å². The first-order valence-electron chi connectivity index (χ1n) is 10.1. The lowest BCUT2D eigenvalue weighted by Crippen LogP contribution is -2.36. The highest BCUT2D eigenvalue weighted by Gasteiger charge is 2.47. The Morgan fingerprint density at radius 2 is 1.93 bits per heavy atom. The van der Waals surface area contributed by atoms with Crippen LogP contribution in [0.1, 0.15) is 41.1 Å². The van der Waals surface area contributed by atoms with Crippen LogP contribution in [0.2, 0.25) is 0 Å². The normalized spacial score (nSPS) is 23.4. The van der Waals surface area contributed by atoms with Crippen LogP contribution in [0.15, 0.2) is 52.5 Å². The Bertz CT molecular complexity index is 1040. The second-order valence-electron chi connectivity index (χ2n) is 7.91. The number of aliphatic hydroxyl groups excluding tert-OH is 1. The van der Waals surface area contributed by atoms with E-state index in [-0.39, 0.29) is 17.4 Å².